The smallest absolute Gasteiger partial charge is 0.119 e. The molecule has 0 aliphatic carbocycles. The Bertz CT molecular complexity index is 726. The van der Waals surface area contributed by atoms with Gasteiger partial charge in [-0.15, -0.1) is 0 Å². The minimum absolute atomic E-state index is 0.828. The molecule has 3 rings (SSSR count). The average molecular weight is 278 g/mol. The Morgan fingerprint density at radius 3 is 2.57 bits per heavy atom. The molecule has 3 nitrogen and oxygen atoms in total. The van der Waals surface area contributed by atoms with Crippen LogP contribution in [0.2, 0.25) is 0 Å². The molecule has 21 heavy (non-hydrogen) atoms. The summed E-state index contributed by atoms with van der Waals surface area (Å²) in [6.07, 6.45) is 3.68. The van der Waals surface area contributed by atoms with Gasteiger partial charge in [-0.3, -0.25) is 4.98 Å². The minimum atomic E-state index is 0.828. The van der Waals surface area contributed by atoms with Gasteiger partial charge in [0.1, 0.15) is 5.75 Å². The number of ether oxygens (including phenoxy) is 1. The molecule has 1 N–H and O–H groups in total. The Hall–Kier alpha value is -2.39. The van der Waals surface area contributed by atoms with E-state index in [1.54, 1.807) is 13.3 Å². The van der Waals surface area contributed by atoms with Crippen molar-refractivity contribution in [3.8, 4) is 5.75 Å². The van der Waals surface area contributed by atoms with E-state index < -0.39 is 0 Å². The highest BCUT2D eigenvalue weighted by Crippen LogP contribution is 2.21. The Morgan fingerprint density at radius 2 is 1.76 bits per heavy atom. The lowest BCUT2D eigenvalue weighted by Gasteiger charge is -2.07. The lowest BCUT2D eigenvalue weighted by Crippen LogP contribution is -2.12. The molecule has 0 unspecified atom stereocenters. The van der Waals surface area contributed by atoms with E-state index in [9.17, 15) is 0 Å². The van der Waals surface area contributed by atoms with Crippen LogP contribution in [0.15, 0.2) is 60.9 Å². The average Bonchev–Trinajstić information content (AvgIpc) is 2.55. The molecule has 106 valence electrons. The van der Waals surface area contributed by atoms with Gasteiger partial charge >= 0.3 is 0 Å². The van der Waals surface area contributed by atoms with E-state index in [0.717, 1.165) is 18.8 Å². The van der Waals surface area contributed by atoms with Crippen molar-refractivity contribution >= 4 is 10.8 Å². The molecule has 0 saturated heterocycles. The molecule has 0 saturated carbocycles. The zero-order chi connectivity index (χ0) is 14.5. The van der Waals surface area contributed by atoms with Gasteiger partial charge in [-0.1, -0.05) is 24.3 Å². The van der Waals surface area contributed by atoms with Gasteiger partial charge in [-0.05, 0) is 46.2 Å². The second-order valence-corrected chi connectivity index (χ2v) is 5.01. The highest BCUT2D eigenvalue weighted by molar-refractivity contribution is 5.84. The van der Waals surface area contributed by atoms with Crippen molar-refractivity contribution in [1.82, 2.24) is 10.3 Å². The standard InChI is InChI=1S/C18H18N2O/c1-21-18-7-6-16-9-14(4-5-17(16)10-18)11-20-13-15-3-2-8-19-12-15/h2-10,12,20H,11,13H2,1H3. The van der Waals surface area contributed by atoms with Crippen LogP contribution >= 0.6 is 0 Å². The van der Waals surface area contributed by atoms with Crippen molar-refractivity contribution in [1.29, 1.82) is 0 Å². The number of nitrogens with one attached hydrogen (secondary N) is 1. The monoisotopic (exact) mass is 278 g/mol. The van der Waals surface area contributed by atoms with E-state index in [4.69, 9.17) is 4.74 Å². The fourth-order valence-corrected chi connectivity index (χ4v) is 2.36. The molecule has 0 spiro atoms. The Balaban J connectivity index is 1.67. The number of rotatable bonds is 5. The first kappa shape index (κ1) is 13.6. The van der Waals surface area contributed by atoms with Crippen LogP contribution in [0.3, 0.4) is 0 Å². The summed E-state index contributed by atoms with van der Waals surface area (Å²) < 4.78 is 5.25. The first-order valence-corrected chi connectivity index (χ1v) is 7.01. The van der Waals surface area contributed by atoms with Gasteiger partial charge in [0, 0.05) is 25.5 Å². The van der Waals surface area contributed by atoms with Crippen LogP contribution in [-0.4, -0.2) is 12.1 Å². The van der Waals surface area contributed by atoms with Crippen molar-refractivity contribution in [3.63, 3.8) is 0 Å². The molecule has 0 amide bonds. The van der Waals surface area contributed by atoms with E-state index in [1.807, 2.05) is 18.3 Å². The van der Waals surface area contributed by atoms with Crippen LogP contribution in [0.4, 0.5) is 0 Å². The maximum atomic E-state index is 5.25. The van der Waals surface area contributed by atoms with Crippen molar-refractivity contribution in [3.05, 3.63) is 72.1 Å². The third-order valence-electron chi connectivity index (χ3n) is 3.49. The number of hydrogen-bond acceptors (Lipinski definition) is 3. The molecule has 0 radical (unpaired) electrons. The van der Waals surface area contributed by atoms with Crippen LogP contribution in [0.1, 0.15) is 11.1 Å². The third-order valence-corrected chi connectivity index (χ3v) is 3.49. The summed E-state index contributed by atoms with van der Waals surface area (Å²) in [5.74, 6) is 0.893. The maximum Gasteiger partial charge on any atom is 0.119 e. The lowest BCUT2D eigenvalue weighted by molar-refractivity contribution is 0.415. The number of aromatic nitrogens is 1. The van der Waals surface area contributed by atoms with Gasteiger partial charge in [0.2, 0.25) is 0 Å². The lowest BCUT2D eigenvalue weighted by atomic mass is 10.1. The molecule has 3 aromatic rings. The predicted molar refractivity (Wildman–Crippen MR) is 85.3 cm³/mol. The molecule has 0 bridgehead atoms. The van der Waals surface area contributed by atoms with Gasteiger partial charge in [0.05, 0.1) is 7.11 Å². The van der Waals surface area contributed by atoms with E-state index >= 15 is 0 Å². The zero-order valence-corrected chi connectivity index (χ0v) is 12.0. The highest BCUT2D eigenvalue weighted by Gasteiger charge is 1.99. The second kappa shape index (κ2) is 6.37. The van der Waals surface area contributed by atoms with Crippen molar-refractivity contribution in [2.24, 2.45) is 0 Å². The number of nitrogens with zero attached hydrogens (tertiary/aromatic N) is 1. The van der Waals surface area contributed by atoms with Gasteiger partial charge in [-0.2, -0.15) is 0 Å². The summed E-state index contributed by atoms with van der Waals surface area (Å²) in [5.41, 5.74) is 2.47. The van der Waals surface area contributed by atoms with Crippen molar-refractivity contribution in [2.45, 2.75) is 13.1 Å². The van der Waals surface area contributed by atoms with E-state index in [1.165, 1.54) is 21.9 Å². The Morgan fingerprint density at radius 1 is 0.952 bits per heavy atom. The summed E-state index contributed by atoms with van der Waals surface area (Å²) >= 11 is 0. The number of methoxy groups -OCH3 is 1. The molecule has 1 aromatic heterocycles. The summed E-state index contributed by atoms with van der Waals surface area (Å²) in [7, 11) is 1.69. The summed E-state index contributed by atoms with van der Waals surface area (Å²) in [6.45, 7) is 1.67. The first-order valence-electron chi connectivity index (χ1n) is 7.01. The molecule has 0 fully saturated rings. The Kier molecular flexibility index (Phi) is 4.12. The van der Waals surface area contributed by atoms with Gasteiger partial charge in [-0.25, -0.2) is 0 Å². The van der Waals surface area contributed by atoms with E-state index in [0.29, 0.717) is 0 Å². The molecule has 0 aliphatic rings. The largest absolute Gasteiger partial charge is 0.497 e. The molecule has 2 aromatic carbocycles. The first-order chi connectivity index (χ1) is 10.3. The van der Waals surface area contributed by atoms with E-state index in [-0.39, 0.29) is 0 Å². The SMILES string of the molecule is COc1ccc2cc(CNCc3cccnc3)ccc2c1. The molecule has 3 heteroatoms. The quantitative estimate of drug-likeness (QED) is 0.775. The van der Waals surface area contributed by atoms with Crippen molar-refractivity contribution < 1.29 is 4.74 Å². The number of benzene rings is 2. The Labute approximate surface area is 124 Å². The summed E-state index contributed by atoms with van der Waals surface area (Å²) in [5, 5.41) is 5.87. The normalized spacial score (nSPS) is 10.7. The summed E-state index contributed by atoms with van der Waals surface area (Å²) in [4.78, 5) is 4.12. The van der Waals surface area contributed by atoms with E-state index in [2.05, 4.69) is 46.7 Å². The summed E-state index contributed by atoms with van der Waals surface area (Å²) in [6, 6.07) is 16.7. The zero-order valence-electron chi connectivity index (χ0n) is 12.0. The van der Waals surface area contributed by atoms with Crippen LogP contribution in [0, 0.1) is 0 Å². The van der Waals surface area contributed by atoms with Crippen molar-refractivity contribution in [2.75, 3.05) is 7.11 Å². The fourth-order valence-electron chi connectivity index (χ4n) is 2.36. The number of pyridine rings is 1. The molecular weight excluding hydrogens is 260 g/mol. The minimum Gasteiger partial charge on any atom is -0.497 e. The van der Waals surface area contributed by atoms with Gasteiger partial charge < -0.3 is 10.1 Å². The van der Waals surface area contributed by atoms with Crippen LogP contribution < -0.4 is 10.1 Å². The van der Waals surface area contributed by atoms with Crippen LogP contribution in [-0.2, 0) is 13.1 Å². The van der Waals surface area contributed by atoms with Crippen LogP contribution in [0.25, 0.3) is 10.8 Å². The molecule has 0 atom stereocenters. The predicted octanol–water partition coefficient (Wildman–Crippen LogP) is 3.53. The third kappa shape index (κ3) is 3.38. The van der Waals surface area contributed by atoms with Gasteiger partial charge in [0.25, 0.3) is 0 Å². The molecular formula is C18H18N2O. The molecule has 1 heterocycles. The molecule has 0 aliphatic heterocycles. The maximum absolute atomic E-state index is 5.25. The highest BCUT2D eigenvalue weighted by atomic mass is 16.5. The number of fused-ring (bicyclic) bond motifs is 1. The fraction of sp³-hybridized carbons (Fsp3) is 0.167. The second-order valence-electron chi connectivity index (χ2n) is 5.01. The van der Waals surface area contributed by atoms with Crippen LogP contribution in [0.5, 0.6) is 5.75 Å². The van der Waals surface area contributed by atoms with Gasteiger partial charge in [0.15, 0.2) is 0 Å². The topological polar surface area (TPSA) is 34.1 Å². The number of hydrogen-bond donors (Lipinski definition) is 1.